The normalized spacial score (nSPS) is 24.9. The van der Waals surface area contributed by atoms with Crippen molar-refractivity contribution in [1.82, 2.24) is 10.9 Å². The zero-order valence-corrected chi connectivity index (χ0v) is 4.36. The summed E-state index contributed by atoms with van der Waals surface area (Å²) >= 11 is 0. The van der Waals surface area contributed by atoms with Crippen LogP contribution in [0, 0.1) is 0 Å². The topological polar surface area (TPSA) is 64.1 Å². The van der Waals surface area contributed by atoms with Crippen molar-refractivity contribution < 1.29 is 5.11 Å². The third-order valence-corrected chi connectivity index (χ3v) is 1.16. The van der Waals surface area contributed by atoms with Crippen molar-refractivity contribution in [2.45, 2.75) is 19.0 Å². The summed E-state index contributed by atoms with van der Waals surface area (Å²) < 4.78 is 0. The van der Waals surface area contributed by atoms with E-state index in [0.717, 1.165) is 6.42 Å². The van der Waals surface area contributed by atoms with Gasteiger partial charge in [0.1, 0.15) is 0 Å². The van der Waals surface area contributed by atoms with Gasteiger partial charge in [0.05, 0.1) is 5.66 Å². The van der Waals surface area contributed by atoms with E-state index in [1.807, 2.05) is 6.92 Å². The van der Waals surface area contributed by atoms with Crippen molar-refractivity contribution >= 4 is 0 Å². The fourth-order valence-electron chi connectivity index (χ4n) is 0.455. The minimum atomic E-state index is 0.0503. The molecule has 3 heteroatoms. The Hall–Kier alpha value is -0.120. The Labute approximate surface area is 42.7 Å². The molecule has 1 aliphatic heterocycles. The lowest BCUT2D eigenvalue weighted by Crippen LogP contribution is -2.12. The van der Waals surface area contributed by atoms with Crippen molar-refractivity contribution in [3.05, 3.63) is 0 Å². The quantitative estimate of drug-likeness (QED) is 0.400. The van der Waals surface area contributed by atoms with Gasteiger partial charge in [-0.05, 0) is 6.92 Å². The Morgan fingerprint density at radius 3 is 2.29 bits per heavy atom. The van der Waals surface area contributed by atoms with E-state index in [-0.39, 0.29) is 12.3 Å². The molecular formula is C4H10N2O. The number of hydrogen-bond donors (Lipinski definition) is 3. The zero-order valence-electron chi connectivity index (χ0n) is 4.36. The number of hydrogen-bond acceptors (Lipinski definition) is 3. The van der Waals surface area contributed by atoms with Gasteiger partial charge in [-0.15, -0.1) is 0 Å². The minimum absolute atomic E-state index is 0.0503. The van der Waals surface area contributed by atoms with Crippen LogP contribution in [0.4, 0.5) is 0 Å². The number of rotatable bonds is 2. The van der Waals surface area contributed by atoms with Crippen LogP contribution in [-0.4, -0.2) is 17.4 Å². The van der Waals surface area contributed by atoms with E-state index in [1.54, 1.807) is 0 Å². The van der Waals surface area contributed by atoms with Gasteiger partial charge in [-0.2, -0.15) is 0 Å². The van der Waals surface area contributed by atoms with Crippen LogP contribution in [0.3, 0.4) is 0 Å². The highest BCUT2D eigenvalue weighted by Crippen LogP contribution is 2.11. The lowest BCUT2D eigenvalue weighted by molar-refractivity contribution is 0.271. The molecule has 0 aromatic carbocycles. The van der Waals surface area contributed by atoms with Crippen LogP contribution in [0.5, 0.6) is 0 Å². The molecule has 1 heterocycles. The van der Waals surface area contributed by atoms with Gasteiger partial charge in [-0.25, -0.2) is 10.9 Å². The van der Waals surface area contributed by atoms with E-state index >= 15 is 0 Å². The zero-order chi connectivity index (χ0) is 5.33. The maximum Gasteiger partial charge on any atom is 0.0937 e. The number of aliphatic hydroxyl groups excluding tert-OH is 1. The van der Waals surface area contributed by atoms with E-state index in [2.05, 4.69) is 10.9 Å². The first-order valence-corrected chi connectivity index (χ1v) is 2.42. The standard InChI is InChI=1S/C4H10N2O/c1-4(2-3-7)5-6-4/h5-7H,2-3H2,1H3. The SMILES string of the molecule is CC1(CCO)NN1. The lowest BCUT2D eigenvalue weighted by atomic mass is 10.2. The van der Waals surface area contributed by atoms with Crippen LogP contribution in [0.1, 0.15) is 13.3 Å². The second-order valence-electron chi connectivity index (χ2n) is 2.06. The highest BCUT2D eigenvalue weighted by Gasteiger charge is 2.34. The predicted octanol–water partition coefficient (Wildman–Crippen LogP) is -0.807. The Kier molecular flexibility index (Phi) is 1.03. The summed E-state index contributed by atoms with van der Waals surface area (Å²) in [5, 5.41) is 8.36. The molecule has 42 valence electrons. The van der Waals surface area contributed by atoms with Crippen molar-refractivity contribution in [2.24, 2.45) is 0 Å². The summed E-state index contributed by atoms with van der Waals surface area (Å²) in [4.78, 5) is 0. The molecule has 1 fully saturated rings. The summed E-state index contributed by atoms with van der Waals surface area (Å²) in [7, 11) is 0. The molecule has 0 bridgehead atoms. The third kappa shape index (κ3) is 1.12. The van der Waals surface area contributed by atoms with Crippen LogP contribution < -0.4 is 10.9 Å². The summed E-state index contributed by atoms with van der Waals surface area (Å²) in [6, 6.07) is 0. The van der Waals surface area contributed by atoms with Crippen LogP contribution in [0.2, 0.25) is 0 Å². The maximum absolute atomic E-state index is 8.36. The monoisotopic (exact) mass is 102 g/mol. The predicted molar refractivity (Wildman–Crippen MR) is 26.4 cm³/mol. The van der Waals surface area contributed by atoms with Crippen LogP contribution in [0.15, 0.2) is 0 Å². The van der Waals surface area contributed by atoms with Crippen molar-refractivity contribution in [3.8, 4) is 0 Å². The molecule has 0 amide bonds. The van der Waals surface area contributed by atoms with Gasteiger partial charge < -0.3 is 5.11 Å². The molecule has 7 heavy (non-hydrogen) atoms. The van der Waals surface area contributed by atoms with Crippen molar-refractivity contribution in [2.75, 3.05) is 6.61 Å². The van der Waals surface area contributed by atoms with E-state index in [9.17, 15) is 0 Å². The van der Waals surface area contributed by atoms with Gasteiger partial charge in [-0.3, -0.25) is 0 Å². The van der Waals surface area contributed by atoms with E-state index in [0.29, 0.717) is 0 Å². The highest BCUT2D eigenvalue weighted by atomic mass is 16.3. The molecule has 1 aliphatic rings. The second-order valence-corrected chi connectivity index (χ2v) is 2.06. The maximum atomic E-state index is 8.36. The van der Waals surface area contributed by atoms with Crippen LogP contribution in [-0.2, 0) is 0 Å². The smallest absolute Gasteiger partial charge is 0.0937 e. The Morgan fingerprint density at radius 1 is 1.57 bits per heavy atom. The summed E-state index contributed by atoms with van der Waals surface area (Å²) in [5.41, 5.74) is 5.85. The molecule has 0 aromatic heterocycles. The molecule has 0 atom stereocenters. The fourth-order valence-corrected chi connectivity index (χ4v) is 0.455. The van der Waals surface area contributed by atoms with Gasteiger partial charge in [0, 0.05) is 13.0 Å². The second kappa shape index (κ2) is 1.43. The number of hydrazine groups is 1. The average molecular weight is 102 g/mol. The summed E-state index contributed by atoms with van der Waals surface area (Å²) in [6.45, 7) is 2.25. The number of aliphatic hydroxyl groups is 1. The first-order valence-electron chi connectivity index (χ1n) is 2.42. The van der Waals surface area contributed by atoms with Crippen LogP contribution in [0.25, 0.3) is 0 Å². The minimum Gasteiger partial charge on any atom is -0.396 e. The lowest BCUT2D eigenvalue weighted by Gasteiger charge is -1.96. The molecule has 1 rings (SSSR count). The molecule has 0 saturated carbocycles. The summed E-state index contributed by atoms with van der Waals surface area (Å²) in [5.74, 6) is 0. The van der Waals surface area contributed by atoms with Gasteiger partial charge in [-0.1, -0.05) is 0 Å². The molecule has 0 radical (unpaired) electrons. The first-order chi connectivity index (χ1) is 3.27. The molecule has 0 spiro atoms. The Bertz CT molecular complexity index is 70.1. The van der Waals surface area contributed by atoms with E-state index in [4.69, 9.17) is 5.11 Å². The summed E-state index contributed by atoms with van der Waals surface area (Å²) in [6.07, 6.45) is 0.785. The number of nitrogens with one attached hydrogen (secondary N) is 2. The van der Waals surface area contributed by atoms with Gasteiger partial charge in [0.2, 0.25) is 0 Å². The van der Waals surface area contributed by atoms with E-state index in [1.165, 1.54) is 0 Å². The van der Waals surface area contributed by atoms with Gasteiger partial charge >= 0.3 is 0 Å². The van der Waals surface area contributed by atoms with Crippen molar-refractivity contribution in [1.29, 1.82) is 0 Å². The molecule has 0 aromatic rings. The van der Waals surface area contributed by atoms with Gasteiger partial charge in [0.25, 0.3) is 0 Å². The van der Waals surface area contributed by atoms with Crippen LogP contribution >= 0.6 is 0 Å². The first kappa shape index (κ1) is 5.03. The van der Waals surface area contributed by atoms with E-state index < -0.39 is 0 Å². The Balaban J connectivity index is 2.13. The fraction of sp³-hybridized carbons (Fsp3) is 1.00. The Morgan fingerprint density at radius 2 is 2.14 bits per heavy atom. The highest BCUT2D eigenvalue weighted by molar-refractivity contribution is 4.88. The van der Waals surface area contributed by atoms with Gasteiger partial charge in [0.15, 0.2) is 0 Å². The molecule has 3 N–H and O–H groups in total. The average Bonchev–Trinajstić information content (AvgIpc) is 2.22. The molecule has 0 unspecified atom stereocenters. The third-order valence-electron chi connectivity index (χ3n) is 1.16. The molecular weight excluding hydrogens is 92.1 g/mol. The molecule has 0 aliphatic carbocycles. The largest absolute Gasteiger partial charge is 0.396 e. The van der Waals surface area contributed by atoms with Crippen molar-refractivity contribution in [3.63, 3.8) is 0 Å². The molecule has 1 saturated heterocycles. The molecule has 3 nitrogen and oxygen atoms in total.